The van der Waals surface area contributed by atoms with E-state index in [2.05, 4.69) is 4.99 Å². The Balaban J connectivity index is 2.19. The molecule has 146 valence electrons. The Kier molecular flexibility index (Phi) is 5.12. The number of aryl methyl sites for hydroxylation is 1. The number of hydrogen-bond acceptors (Lipinski definition) is 3. The minimum atomic E-state index is -4.58. The third kappa shape index (κ3) is 3.70. The number of aliphatic carboxylic acids is 1. The summed E-state index contributed by atoms with van der Waals surface area (Å²) in [5.74, 6) is -1.99. The van der Waals surface area contributed by atoms with Gasteiger partial charge in [-0.25, -0.2) is 4.79 Å². The van der Waals surface area contributed by atoms with E-state index in [4.69, 9.17) is 0 Å². The lowest BCUT2D eigenvalue weighted by Crippen LogP contribution is -2.25. The number of nitrogens with zero attached hydrogens (tertiary/aromatic N) is 2. The molecule has 0 radical (unpaired) electrons. The molecule has 0 bridgehead atoms. The fraction of sp³-hybridized carbons (Fsp3) is 0.211. The van der Waals surface area contributed by atoms with E-state index in [0.717, 1.165) is 39.8 Å². The zero-order chi connectivity index (χ0) is 20.6. The molecule has 1 unspecified atom stereocenters. The van der Waals surface area contributed by atoms with Crippen LogP contribution < -0.4 is 4.80 Å². The van der Waals surface area contributed by atoms with Crippen LogP contribution in [0.3, 0.4) is 0 Å². The van der Waals surface area contributed by atoms with E-state index in [9.17, 15) is 27.9 Å². The Morgan fingerprint density at radius 1 is 1.18 bits per heavy atom. The Morgan fingerprint density at radius 3 is 2.50 bits per heavy atom. The van der Waals surface area contributed by atoms with Crippen LogP contribution in [0.15, 0.2) is 47.5 Å². The van der Waals surface area contributed by atoms with Gasteiger partial charge in [-0.05, 0) is 43.7 Å². The molecule has 0 spiro atoms. The molecular weight excluding hydrogens is 393 g/mol. The first kappa shape index (κ1) is 19.8. The van der Waals surface area contributed by atoms with E-state index >= 15 is 0 Å². The minimum absolute atomic E-state index is 0.113. The average Bonchev–Trinajstić information content (AvgIpc) is 2.99. The van der Waals surface area contributed by atoms with Crippen molar-refractivity contribution in [1.82, 2.24) is 4.57 Å². The number of carboxylic acids is 1. The van der Waals surface area contributed by atoms with Crippen LogP contribution in [0.2, 0.25) is 0 Å². The van der Waals surface area contributed by atoms with Gasteiger partial charge in [0.2, 0.25) is 0 Å². The summed E-state index contributed by atoms with van der Waals surface area (Å²) in [6, 6.07) is 8.27. The molecule has 28 heavy (non-hydrogen) atoms. The summed E-state index contributed by atoms with van der Waals surface area (Å²) in [7, 11) is 0. The summed E-state index contributed by atoms with van der Waals surface area (Å²) < 4.78 is 40.8. The van der Waals surface area contributed by atoms with Gasteiger partial charge in [0.05, 0.1) is 15.8 Å². The van der Waals surface area contributed by atoms with Crippen molar-refractivity contribution < 1.29 is 27.9 Å². The number of thiazole rings is 1. The van der Waals surface area contributed by atoms with E-state index in [1.54, 1.807) is 12.1 Å². The number of fused-ring (bicyclic) bond motifs is 1. The van der Waals surface area contributed by atoms with Gasteiger partial charge >= 0.3 is 12.1 Å². The van der Waals surface area contributed by atoms with Crippen molar-refractivity contribution in [2.45, 2.75) is 26.1 Å². The maximum atomic E-state index is 12.9. The van der Waals surface area contributed by atoms with Crippen molar-refractivity contribution >= 4 is 33.4 Å². The molecule has 0 fully saturated rings. The molecule has 0 saturated heterocycles. The van der Waals surface area contributed by atoms with Gasteiger partial charge in [0.15, 0.2) is 4.80 Å². The van der Waals surface area contributed by atoms with E-state index in [1.165, 1.54) is 17.6 Å². The molecule has 0 aliphatic heterocycles. The highest BCUT2D eigenvalue weighted by molar-refractivity contribution is 7.16. The third-order valence-electron chi connectivity index (χ3n) is 4.23. The van der Waals surface area contributed by atoms with Gasteiger partial charge in [-0.15, -0.1) is 0 Å². The maximum absolute atomic E-state index is 12.9. The van der Waals surface area contributed by atoms with Gasteiger partial charge in [-0.2, -0.15) is 18.2 Å². The second-order valence-electron chi connectivity index (χ2n) is 6.19. The Morgan fingerprint density at radius 2 is 1.86 bits per heavy atom. The summed E-state index contributed by atoms with van der Waals surface area (Å²) >= 11 is 1.12. The first-order valence-electron chi connectivity index (χ1n) is 8.19. The van der Waals surface area contributed by atoms with Crippen LogP contribution in [0.5, 0.6) is 0 Å². The third-order valence-corrected chi connectivity index (χ3v) is 5.43. The number of aromatic nitrogens is 1. The maximum Gasteiger partial charge on any atom is 0.416 e. The average molecular weight is 408 g/mol. The van der Waals surface area contributed by atoms with Gasteiger partial charge in [-0.3, -0.25) is 4.79 Å². The molecule has 5 nitrogen and oxygen atoms in total. The highest BCUT2D eigenvalue weighted by atomic mass is 32.1. The van der Waals surface area contributed by atoms with Crippen molar-refractivity contribution in [2.24, 2.45) is 4.99 Å². The van der Waals surface area contributed by atoms with Crippen LogP contribution >= 0.6 is 11.3 Å². The van der Waals surface area contributed by atoms with Crippen molar-refractivity contribution in [3.63, 3.8) is 0 Å². The predicted molar refractivity (Wildman–Crippen MR) is 98.2 cm³/mol. The summed E-state index contributed by atoms with van der Waals surface area (Å²) in [4.78, 5) is 28.1. The minimum Gasteiger partial charge on any atom is -0.480 e. The number of hydrogen-bond donors (Lipinski definition) is 1. The summed E-state index contributed by atoms with van der Waals surface area (Å²) in [6.07, 6.45) is -4.58. The number of carboxylic acid groups (broad SMARTS) is 1. The molecule has 2 aromatic carbocycles. The number of benzene rings is 2. The Bertz CT molecular complexity index is 1150. The number of carbonyl (C=O) groups excluding carboxylic acids is 1. The number of amides is 1. The van der Waals surface area contributed by atoms with Gasteiger partial charge < -0.3 is 9.67 Å². The molecule has 1 aromatic heterocycles. The summed E-state index contributed by atoms with van der Waals surface area (Å²) in [5.41, 5.74) is 0.295. The van der Waals surface area contributed by atoms with Crippen LogP contribution in [0.1, 0.15) is 34.5 Å². The molecule has 3 aromatic rings. The fourth-order valence-electron chi connectivity index (χ4n) is 2.74. The zero-order valence-corrected chi connectivity index (χ0v) is 15.6. The van der Waals surface area contributed by atoms with Crippen molar-refractivity contribution in [1.29, 1.82) is 0 Å². The highest BCUT2D eigenvalue weighted by Crippen LogP contribution is 2.30. The number of carbonyl (C=O) groups is 2. The van der Waals surface area contributed by atoms with E-state index in [-0.39, 0.29) is 10.4 Å². The number of rotatable bonds is 3. The van der Waals surface area contributed by atoms with Gasteiger partial charge in [-0.1, -0.05) is 29.5 Å². The lowest BCUT2D eigenvalue weighted by atomic mass is 10.1. The molecule has 1 amide bonds. The molecule has 0 saturated carbocycles. The lowest BCUT2D eigenvalue weighted by molar-refractivity contribution is -0.140. The van der Waals surface area contributed by atoms with Crippen LogP contribution in [-0.2, 0) is 11.0 Å². The van der Waals surface area contributed by atoms with E-state index in [0.29, 0.717) is 5.52 Å². The zero-order valence-electron chi connectivity index (χ0n) is 14.8. The second-order valence-corrected chi connectivity index (χ2v) is 7.17. The summed E-state index contributed by atoms with van der Waals surface area (Å²) in [6.45, 7) is 3.29. The smallest absolute Gasteiger partial charge is 0.416 e. The lowest BCUT2D eigenvalue weighted by Gasteiger charge is -2.10. The molecule has 1 heterocycles. The molecule has 0 aliphatic carbocycles. The number of alkyl halides is 3. The van der Waals surface area contributed by atoms with E-state index < -0.39 is 29.7 Å². The van der Waals surface area contributed by atoms with Crippen LogP contribution in [0.25, 0.3) is 10.2 Å². The standard InChI is InChI=1S/C19H15F3N2O3S/c1-10-5-3-8-14-15(10)28-18(24(14)11(2)17(26)27)23-16(25)12-6-4-7-13(9-12)19(20,21)22/h3-9,11H,1-2H3,(H,26,27). The Labute approximate surface area is 161 Å². The Hall–Kier alpha value is -2.94. The van der Waals surface area contributed by atoms with Gasteiger partial charge in [0.1, 0.15) is 6.04 Å². The van der Waals surface area contributed by atoms with Gasteiger partial charge in [0, 0.05) is 5.56 Å². The van der Waals surface area contributed by atoms with Crippen molar-refractivity contribution in [3.05, 3.63) is 64.0 Å². The normalized spacial score (nSPS) is 13.7. The van der Waals surface area contributed by atoms with E-state index in [1.807, 2.05) is 13.0 Å². The highest BCUT2D eigenvalue weighted by Gasteiger charge is 2.31. The van der Waals surface area contributed by atoms with Crippen LogP contribution in [-0.4, -0.2) is 21.6 Å². The SMILES string of the molecule is Cc1cccc2c1sc(=NC(=O)c1cccc(C(F)(F)F)c1)n2C(C)C(=O)O. The van der Waals surface area contributed by atoms with Crippen LogP contribution in [0.4, 0.5) is 13.2 Å². The predicted octanol–water partition coefficient (Wildman–Crippen LogP) is 4.42. The molecule has 9 heteroatoms. The van der Waals surface area contributed by atoms with Crippen LogP contribution in [0, 0.1) is 6.92 Å². The first-order chi connectivity index (χ1) is 13.1. The number of halogens is 3. The second kappa shape index (κ2) is 7.23. The molecule has 0 aliphatic rings. The summed E-state index contributed by atoms with van der Waals surface area (Å²) in [5, 5.41) is 9.42. The quantitative estimate of drug-likeness (QED) is 0.698. The fourth-order valence-corrected chi connectivity index (χ4v) is 3.91. The van der Waals surface area contributed by atoms with Gasteiger partial charge in [0.25, 0.3) is 5.91 Å². The molecule has 1 N–H and O–H groups in total. The molecular formula is C19H15F3N2O3S. The topological polar surface area (TPSA) is 71.7 Å². The molecule has 3 rings (SSSR count). The van der Waals surface area contributed by atoms with Crippen molar-refractivity contribution in [3.8, 4) is 0 Å². The largest absolute Gasteiger partial charge is 0.480 e. The monoisotopic (exact) mass is 408 g/mol. The van der Waals surface area contributed by atoms with Crippen molar-refractivity contribution in [2.75, 3.05) is 0 Å². The molecule has 1 atom stereocenters. The first-order valence-corrected chi connectivity index (χ1v) is 9.01.